The minimum Gasteiger partial charge on any atom is -0.381 e. The Morgan fingerprint density at radius 2 is 2.12 bits per heavy atom. The first kappa shape index (κ1) is 16.7. The van der Waals surface area contributed by atoms with Crippen LogP contribution in [0.25, 0.3) is 0 Å². The van der Waals surface area contributed by atoms with E-state index in [1.807, 2.05) is 25.1 Å². The number of rotatable bonds is 6. The van der Waals surface area contributed by atoms with Gasteiger partial charge in [0.1, 0.15) is 5.69 Å². The van der Waals surface area contributed by atoms with E-state index in [-0.39, 0.29) is 12.0 Å². The maximum absolute atomic E-state index is 12.0. The quantitative estimate of drug-likeness (QED) is 0.853. The van der Waals surface area contributed by atoms with Gasteiger partial charge in [0.05, 0.1) is 12.7 Å². The van der Waals surface area contributed by atoms with Crippen LogP contribution in [0.1, 0.15) is 40.2 Å². The van der Waals surface area contributed by atoms with Crippen LogP contribution < -0.4 is 5.32 Å². The van der Waals surface area contributed by atoms with E-state index in [1.165, 1.54) is 0 Å². The van der Waals surface area contributed by atoms with Crippen molar-refractivity contribution in [2.45, 2.75) is 39.0 Å². The van der Waals surface area contributed by atoms with Crippen LogP contribution in [0.15, 0.2) is 30.3 Å². The molecular formula is C18H23N3O3. The van der Waals surface area contributed by atoms with Gasteiger partial charge >= 0.3 is 0 Å². The maximum atomic E-state index is 12.0. The van der Waals surface area contributed by atoms with Gasteiger partial charge in [0.15, 0.2) is 0 Å². The van der Waals surface area contributed by atoms with Crippen molar-refractivity contribution in [2.75, 3.05) is 13.2 Å². The number of carbonyl (C=O) groups excluding carboxylic acids is 1. The third kappa shape index (κ3) is 4.66. The molecule has 1 fully saturated rings. The first-order valence-corrected chi connectivity index (χ1v) is 8.28. The topological polar surface area (TPSA) is 76.2 Å². The molecular weight excluding hydrogens is 306 g/mol. The first-order chi connectivity index (χ1) is 11.7. The number of benzene rings is 1. The Bertz CT molecular complexity index is 678. The fourth-order valence-corrected chi connectivity index (χ4v) is 2.69. The lowest BCUT2D eigenvalue weighted by molar-refractivity contribution is -0.0390. The summed E-state index contributed by atoms with van der Waals surface area (Å²) in [5.41, 5.74) is 3.44. The van der Waals surface area contributed by atoms with Gasteiger partial charge in [-0.3, -0.25) is 9.89 Å². The Morgan fingerprint density at radius 3 is 2.88 bits per heavy atom. The van der Waals surface area contributed by atoms with Crippen LogP contribution in [0.4, 0.5) is 0 Å². The highest BCUT2D eigenvalue weighted by Gasteiger charge is 2.14. The van der Waals surface area contributed by atoms with E-state index in [4.69, 9.17) is 9.47 Å². The van der Waals surface area contributed by atoms with Crippen LogP contribution in [0.3, 0.4) is 0 Å². The van der Waals surface area contributed by atoms with E-state index in [1.54, 1.807) is 6.07 Å². The number of hydrogen-bond donors (Lipinski definition) is 2. The number of nitrogens with one attached hydrogen (secondary N) is 2. The molecule has 0 saturated carbocycles. The SMILES string of the molecule is Cc1cc(C(=O)NCc2cccc(COC3CCOCC3)c2)n[nH]1. The number of carbonyl (C=O) groups is 1. The smallest absolute Gasteiger partial charge is 0.272 e. The highest BCUT2D eigenvalue weighted by atomic mass is 16.5. The minimum atomic E-state index is -0.178. The molecule has 6 heteroatoms. The van der Waals surface area contributed by atoms with Gasteiger partial charge in [0.25, 0.3) is 5.91 Å². The molecule has 0 radical (unpaired) electrons. The Hall–Kier alpha value is -2.18. The molecule has 2 heterocycles. The molecule has 0 spiro atoms. The van der Waals surface area contributed by atoms with E-state index in [9.17, 15) is 4.79 Å². The second-order valence-electron chi connectivity index (χ2n) is 6.06. The van der Waals surface area contributed by atoms with Crippen LogP contribution in [-0.4, -0.2) is 35.4 Å². The Balaban J connectivity index is 1.50. The normalized spacial score (nSPS) is 15.4. The molecule has 1 aromatic heterocycles. The predicted molar refractivity (Wildman–Crippen MR) is 89.6 cm³/mol. The van der Waals surface area contributed by atoms with Crippen molar-refractivity contribution in [1.29, 1.82) is 0 Å². The lowest BCUT2D eigenvalue weighted by Gasteiger charge is -2.22. The fraction of sp³-hybridized carbons (Fsp3) is 0.444. The second-order valence-corrected chi connectivity index (χ2v) is 6.06. The largest absolute Gasteiger partial charge is 0.381 e. The average Bonchev–Trinajstić information content (AvgIpc) is 3.06. The molecule has 1 aromatic carbocycles. The summed E-state index contributed by atoms with van der Waals surface area (Å²) in [6.45, 7) is 4.49. The number of nitrogens with zero attached hydrogens (tertiary/aromatic N) is 1. The molecule has 0 aliphatic carbocycles. The molecule has 3 rings (SSSR count). The maximum Gasteiger partial charge on any atom is 0.272 e. The van der Waals surface area contributed by atoms with Crippen LogP contribution in [0.5, 0.6) is 0 Å². The van der Waals surface area contributed by atoms with Crippen molar-refractivity contribution < 1.29 is 14.3 Å². The van der Waals surface area contributed by atoms with Gasteiger partial charge in [0.2, 0.25) is 0 Å². The van der Waals surface area contributed by atoms with Crippen LogP contribution in [-0.2, 0) is 22.6 Å². The number of aromatic amines is 1. The molecule has 1 saturated heterocycles. The lowest BCUT2D eigenvalue weighted by Crippen LogP contribution is -2.24. The summed E-state index contributed by atoms with van der Waals surface area (Å²) in [4.78, 5) is 12.0. The number of aromatic nitrogens is 2. The molecule has 24 heavy (non-hydrogen) atoms. The Morgan fingerprint density at radius 1 is 1.33 bits per heavy atom. The predicted octanol–water partition coefficient (Wildman–Crippen LogP) is 2.34. The van der Waals surface area contributed by atoms with E-state index in [2.05, 4.69) is 21.6 Å². The summed E-state index contributed by atoms with van der Waals surface area (Å²) in [5, 5.41) is 9.61. The Kier molecular flexibility index (Phi) is 5.61. The summed E-state index contributed by atoms with van der Waals surface area (Å²) >= 11 is 0. The molecule has 1 amide bonds. The van der Waals surface area contributed by atoms with Crippen molar-refractivity contribution in [3.8, 4) is 0 Å². The van der Waals surface area contributed by atoms with Gasteiger partial charge in [-0.2, -0.15) is 5.10 Å². The average molecular weight is 329 g/mol. The van der Waals surface area contributed by atoms with Gasteiger partial charge < -0.3 is 14.8 Å². The first-order valence-electron chi connectivity index (χ1n) is 8.28. The van der Waals surface area contributed by atoms with Crippen molar-refractivity contribution >= 4 is 5.91 Å². The molecule has 0 bridgehead atoms. The van der Waals surface area contributed by atoms with Crippen LogP contribution in [0.2, 0.25) is 0 Å². The lowest BCUT2D eigenvalue weighted by atomic mass is 10.1. The van der Waals surface area contributed by atoms with Crippen LogP contribution >= 0.6 is 0 Å². The third-order valence-corrected chi connectivity index (χ3v) is 4.04. The standard InChI is InChI=1S/C18H23N3O3/c1-13-9-17(21-20-13)18(22)19-11-14-3-2-4-15(10-14)12-24-16-5-7-23-8-6-16/h2-4,9-10,16H,5-8,11-12H2,1H3,(H,19,22)(H,20,21). The van der Waals surface area contributed by atoms with E-state index in [0.717, 1.165) is 42.9 Å². The fourth-order valence-electron chi connectivity index (χ4n) is 2.69. The third-order valence-electron chi connectivity index (χ3n) is 4.04. The zero-order chi connectivity index (χ0) is 16.8. The minimum absolute atomic E-state index is 0.178. The summed E-state index contributed by atoms with van der Waals surface area (Å²) < 4.78 is 11.3. The summed E-state index contributed by atoms with van der Waals surface area (Å²) in [6, 6.07) is 9.82. The van der Waals surface area contributed by atoms with E-state index < -0.39 is 0 Å². The van der Waals surface area contributed by atoms with Gasteiger partial charge in [-0.25, -0.2) is 0 Å². The highest BCUT2D eigenvalue weighted by molar-refractivity contribution is 5.92. The molecule has 0 atom stereocenters. The zero-order valence-electron chi connectivity index (χ0n) is 13.9. The summed E-state index contributed by atoms with van der Waals surface area (Å²) in [6.07, 6.45) is 2.20. The van der Waals surface area contributed by atoms with E-state index >= 15 is 0 Å². The van der Waals surface area contributed by atoms with Crippen molar-refractivity contribution in [2.24, 2.45) is 0 Å². The van der Waals surface area contributed by atoms with Crippen molar-refractivity contribution in [3.05, 3.63) is 52.8 Å². The molecule has 128 valence electrons. The number of hydrogen-bond acceptors (Lipinski definition) is 4. The molecule has 6 nitrogen and oxygen atoms in total. The van der Waals surface area contributed by atoms with Gasteiger partial charge in [-0.1, -0.05) is 24.3 Å². The summed E-state index contributed by atoms with van der Waals surface area (Å²) in [7, 11) is 0. The number of H-pyrrole nitrogens is 1. The van der Waals surface area contributed by atoms with E-state index in [0.29, 0.717) is 18.8 Å². The molecule has 1 aliphatic heterocycles. The Labute approximate surface area is 141 Å². The molecule has 2 aromatic rings. The van der Waals surface area contributed by atoms with Gasteiger partial charge in [-0.15, -0.1) is 0 Å². The van der Waals surface area contributed by atoms with Crippen LogP contribution in [0, 0.1) is 6.92 Å². The highest BCUT2D eigenvalue weighted by Crippen LogP contribution is 2.14. The molecule has 2 N–H and O–H groups in total. The van der Waals surface area contributed by atoms with Crippen molar-refractivity contribution in [3.63, 3.8) is 0 Å². The number of ether oxygens (including phenoxy) is 2. The van der Waals surface area contributed by atoms with Crippen molar-refractivity contribution in [1.82, 2.24) is 15.5 Å². The zero-order valence-corrected chi connectivity index (χ0v) is 13.9. The summed E-state index contributed by atoms with van der Waals surface area (Å²) in [5.74, 6) is -0.178. The monoisotopic (exact) mass is 329 g/mol. The van der Waals surface area contributed by atoms with Gasteiger partial charge in [0, 0.05) is 25.5 Å². The van der Waals surface area contributed by atoms with Gasteiger partial charge in [-0.05, 0) is 37.0 Å². The number of aryl methyl sites for hydroxylation is 1. The second kappa shape index (κ2) is 8.08. The molecule has 1 aliphatic rings. The number of amides is 1. The molecule has 0 unspecified atom stereocenters.